The predicted molar refractivity (Wildman–Crippen MR) is 107 cm³/mol. The van der Waals surface area contributed by atoms with Gasteiger partial charge < -0.3 is 15.5 Å². The molecule has 2 aliphatic rings. The molecule has 1 aliphatic heterocycles. The first-order valence-electron chi connectivity index (χ1n) is 9.34. The van der Waals surface area contributed by atoms with Gasteiger partial charge in [0, 0.05) is 35.4 Å². The molecule has 0 unspecified atom stereocenters. The average molecular weight is 384 g/mol. The van der Waals surface area contributed by atoms with Gasteiger partial charge in [0.05, 0.1) is 0 Å². The number of urea groups is 1. The van der Waals surface area contributed by atoms with E-state index >= 15 is 0 Å². The number of nitrogens with zero attached hydrogens (tertiary/aromatic N) is 1. The minimum absolute atomic E-state index is 0.215. The summed E-state index contributed by atoms with van der Waals surface area (Å²) >= 11 is 5.87. The lowest BCUT2D eigenvalue weighted by Gasteiger charge is -2.30. The lowest BCUT2D eigenvalue weighted by Crippen LogP contribution is -2.36. The molecular formula is C21H22ClN3O2. The van der Waals surface area contributed by atoms with Gasteiger partial charge in [-0.05, 0) is 67.1 Å². The second kappa shape index (κ2) is 7.61. The average Bonchev–Trinajstić information content (AvgIpc) is 3.51. The van der Waals surface area contributed by atoms with E-state index < -0.39 is 0 Å². The Bertz CT molecular complexity index is 862. The lowest BCUT2D eigenvalue weighted by molar-refractivity contribution is -0.119. The van der Waals surface area contributed by atoms with Crippen LogP contribution in [-0.2, 0) is 17.8 Å². The van der Waals surface area contributed by atoms with Gasteiger partial charge in [-0.25, -0.2) is 4.79 Å². The highest BCUT2D eigenvalue weighted by Gasteiger charge is 2.35. The van der Waals surface area contributed by atoms with Crippen molar-refractivity contribution in [2.75, 3.05) is 16.8 Å². The molecule has 27 heavy (non-hydrogen) atoms. The monoisotopic (exact) mass is 383 g/mol. The molecule has 1 aliphatic carbocycles. The Labute approximate surface area is 163 Å². The van der Waals surface area contributed by atoms with Gasteiger partial charge in [0.15, 0.2) is 0 Å². The second-order valence-electron chi connectivity index (χ2n) is 7.15. The first-order chi connectivity index (χ1) is 13.1. The maximum absolute atomic E-state index is 12.5. The molecule has 0 radical (unpaired) electrons. The summed E-state index contributed by atoms with van der Waals surface area (Å²) in [6, 6.07) is 12.9. The number of anilines is 2. The normalized spacial score (nSPS) is 15.8. The van der Waals surface area contributed by atoms with Crippen molar-refractivity contribution in [3.63, 3.8) is 0 Å². The number of carbonyl (C=O) groups is 2. The smallest absolute Gasteiger partial charge is 0.319 e. The fraction of sp³-hybridized carbons (Fsp3) is 0.333. The van der Waals surface area contributed by atoms with Crippen molar-refractivity contribution in [1.82, 2.24) is 5.32 Å². The fourth-order valence-corrected chi connectivity index (χ4v) is 3.54. The summed E-state index contributed by atoms with van der Waals surface area (Å²) in [6.07, 6.45) is 3.90. The van der Waals surface area contributed by atoms with Gasteiger partial charge in [-0.1, -0.05) is 23.7 Å². The first-order valence-corrected chi connectivity index (χ1v) is 9.71. The number of halogens is 1. The van der Waals surface area contributed by atoms with Crippen LogP contribution in [0.25, 0.3) is 0 Å². The lowest BCUT2D eigenvalue weighted by atomic mass is 10.0. The number of carbonyl (C=O) groups excluding carboxylic acids is 2. The van der Waals surface area contributed by atoms with E-state index in [1.54, 1.807) is 12.1 Å². The SMILES string of the molecule is O=C(NCc1ccc(Cl)cc1)Nc1ccc2c(c1)CCCN2C(=O)C1CC1. The number of fused-ring (bicyclic) bond motifs is 1. The van der Waals surface area contributed by atoms with Crippen LogP contribution in [0.15, 0.2) is 42.5 Å². The molecular weight excluding hydrogens is 362 g/mol. The number of benzene rings is 2. The third-order valence-corrected chi connectivity index (χ3v) is 5.27. The van der Waals surface area contributed by atoms with Crippen molar-refractivity contribution in [2.24, 2.45) is 5.92 Å². The van der Waals surface area contributed by atoms with Crippen molar-refractivity contribution in [2.45, 2.75) is 32.2 Å². The summed E-state index contributed by atoms with van der Waals surface area (Å²) in [6.45, 7) is 1.22. The summed E-state index contributed by atoms with van der Waals surface area (Å²) in [7, 11) is 0. The summed E-state index contributed by atoms with van der Waals surface area (Å²) in [5.74, 6) is 0.463. The zero-order valence-corrected chi connectivity index (χ0v) is 15.8. The molecule has 2 aromatic carbocycles. The van der Waals surface area contributed by atoms with Gasteiger partial charge in [-0.3, -0.25) is 4.79 Å². The van der Waals surface area contributed by atoms with E-state index in [0.717, 1.165) is 54.7 Å². The largest absolute Gasteiger partial charge is 0.334 e. The number of rotatable bonds is 4. The standard InChI is InChI=1S/C21H22ClN3O2/c22-17-7-3-14(4-8-17)13-23-21(27)24-18-9-10-19-16(12-18)2-1-11-25(19)20(26)15-5-6-15/h3-4,7-10,12,15H,1-2,5-6,11,13H2,(H2,23,24,27). The van der Waals surface area contributed by atoms with Crippen LogP contribution < -0.4 is 15.5 Å². The van der Waals surface area contributed by atoms with Crippen LogP contribution in [0.1, 0.15) is 30.4 Å². The molecule has 1 fully saturated rings. The topological polar surface area (TPSA) is 61.4 Å². The second-order valence-corrected chi connectivity index (χ2v) is 7.58. The van der Waals surface area contributed by atoms with Crippen LogP contribution in [0.4, 0.5) is 16.2 Å². The molecule has 1 heterocycles. The maximum Gasteiger partial charge on any atom is 0.319 e. The van der Waals surface area contributed by atoms with E-state index in [1.165, 1.54) is 0 Å². The summed E-state index contributed by atoms with van der Waals surface area (Å²) in [4.78, 5) is 26.6. The van der Waals surface area contributed by atoms with Gasteiger partial charge >= 0.3 is 6.03 Å². The Balaban J connectivity index is 1.38. The van der Waals surface area contributed by atoms with Crippen molar-refractivity contribution in [3.05, 3.63) is 58.6 Å². The van der Waals surface area contributed by atoms with E-state index in [4.69, 9.17) is 11.6 Å². The Hall–Kier alpha value is -2.53. The molecule has 1 saturated carbocycles. The van der Waals surface area contributed by atoms with Crippen LogP contribution in [0.5, 0.6) is 0 Å². The van der Waals surface area contributed by atoms with Gasteiger partial charge in [-0.2, -0.15) is 0 Å². The Morgan fingerprint density at radius 1 is 1.11 bits per heavy atom. The van der Waals surface area contributed by atoms with Crippen LogP contribution in [0, 0.1) is 5.92 Å². The molecule has 140 valence electrons. The molecule has 5 nitrogen and oxygen atoms in total. The first kappa shape index (κ1) is 17.9. The Morgan fingerprint density at radius 2 is 1.89 bits per heavy atom. The van der Waals surface area contributed by atoms with Gasteiger partial charge in [0.25, 0.3) is 0 Å². The van der Waals surface area contributed by atoms with Crippen LogP contribution in [0.2, 0.25) is 5.02 Å². The number of aryl methyl sites for hydroxylation is 1. The highest BCUT2D eigenvalue weighted by Crippen LogP contribution is 2.36. The maximum atomic E-state index is 12.5. The summed E-state index contributed by atoms with van der Waals surface area (Å²) in [5, 5.41) is 6.39. The molecule has 4 rings (SSSR count). The molecule has 0 saturated heterocycles. The van der Waals surface area contributed by atoms with E-state index in [-0.39, 0.29) is 17.9 Å². The zero-order valence-electron chi connectivity index (χ0n) is 15.0. The molecule has 2 N–H and O–H groups in total. The molecule has 0 atom stereocenters. The van der Waals surface area contributed by atoms with Gasteiger partial charge in [0.2, 0.25) is 5.91 Å². The molecule has 0 spiro atoms. The zero-order chi connectivity index (χ0) is 18.8. The Kier molecular flexibility index (Phi) is 5.03. The number of hydrogen-bond donors (Lipinski definition) is 2. The van der Waals surface area contributed by atoms with E-state index in [0.29, 0.717) is 11.6 Å². The Morgan fingerprint density at radius 3 is 2.63 bits per heavy atom. The van der Waals surface area contributed by atoms with Crippen molar-refractivity contribution in [3.8, 4) is 0 Å². The van der Waals surface area contributed by atoms with Gasteiger partial charge in [-0.15, -0.1) is 0 Å². The molecule has 2 aromatic rings. The molecule has 0 aromatic heterocycles. The molecule has 6 heteroatoms. The number of hydrogen-bond acceptors (Lipinski definition) is 2. The quantitative estimate of drug-likeness (QED) is 0.824. The number of nitrogens with one attached hydrogen (secondary N) is 2. The van der Waals surface area contributed by atoms with E-state index in [1.807, 2.05) is 35.2 Å². The highest BCUT2D eigenvalue weighted by molar-refractivity contribution is 6.30. The fourth-order valence-electron chi connectivity index (χ4n) is 3.41. The molecule has 0 bridgehead atoms. The van der Waals surface area contributed by atoms with Gasteiger partial charge in [0.1, 0.15) is 0 Å². The van der Waals surface area contributed by atoms with Crippen molar-refractivity contribution in [1.29, 1.82) is 0 Å². The molecule has 3 amide bonds. The number of amides is 3. The van der Waals surface area contributed by atoms with Crippen LogP contribution in [-0.4, -0.2) is 18.5 Å². The van der Waals surface area contributed by atoms with Crippen molar-refractivity contribution < 1.29 is 9.59 Å². The third kappa shape index (κ3) is 4.25. The van der Waals surface area contributed by atoms with Crippen LogP contribution >= 0.6 is 11.6 Å². The minimum atomic E-state index is -0.258. The van der Waals surface area contributed by atoms with E-state index in [9.17, 15) is 9.59 Å². The minimum Gasteiger partial charge on any atom is -0.334 e. The van der Waals surface area contributed by atoms with Crippen molar-refractivity contribution >= 4 is 34.9 Å². The third-order valence-electron chi connectivity index (χ3n) is 5.01. The predicted octanol–water partition coefficient (Wildman–Crippen LogP) is 4.35. The summed E-state index contributed by atoms with van der Waals surface area (Å²) < 4.78 is 0. The highest BCUT2D eigenvalue weighted by atomic mass is 35.5. The summed E-state index contributed by atoms with van der Waals surface area (Å²) in [5.41, 5.74) is 3.83. The van der Waals surface area contributed by atoms with E-state index in [2.05, 4.69) is 10.6 Å². The van der Waals surface area contributed by atoms with Crippen LogP contribution in [0.3, 0.4) is 0 Å².